The molecule has 0 atom stereocenters. The molecule has 0 saturated carbocycles. The van der Waals surface area contributed by atoms with Gasteiger partial charge in [-0.15, -0.1) is 0 Å². The fourth-order valence-electron chi connectivity index (χ4n) is 2.54. The van der Waals surface area contributed by atoms with E-state index in [-0.39, 0.29) is 35.7 Å². The zero-order chi connectivity index (χ0) is 17.9. The number of rotatable bonds is 5. The largest absolute Gasteiger partial charge is 0.488 e. The lowest BCUT2D eigenvalue weighted by Gasteiger charge is -2.33. The topological polar surface area (TPSA) is 66.9 Å². The molecule has 0 unspecified atom stereocenters. The number of benzene rings is 1. The lowest BCUT2D eigenvalue weighted by molar-refractivity contribution is -0.132. The van der Waals surface area contributed by atoms with Crippen molar-refractivity contribution >= 4 is 15.9 Å². The predicted molar refractivity (Wildman–Crippen MR) is 87.8 cm³/mol. The number of carbonyl (C=O) groups is 1. The Labute approximate surface area is 142 Å². The van der Waals surface area contributed by atoms with Gasteiger partial charge in [0, 0.05) is 32.6 Å². The third-order valence-electron chi connectivity index (χ3n) is 3.80. The van der Waals surface area contributed by atoms with E-state index in [4.69, 9.17) is 4.74 Å². The SMILES string of the molecule is CCC(=O)N1CCN(S(=O)(=O)c2ccc(OC(C)C)c(F)c2)CC1. The van der Waals surface area contributed by atoms with E-state index in [0.717, 1.165) is 6.07 Å². The average Bonchev–Trinajstić information content (AvgIpc) is 2.55. The van der Waals surface area contributed by atoms with Crippen molar-refractivity contribution in [3.05, 3.63) is 24.0 Å². The van der Waals surface area contributed by atoms with E-state index in [1.807, 2.05) is 0 Å². The zero-order valence-corrected chi connectivity index (χ0v) is 15.0. The fraction of sp³-hybridized carbons (Fsp3) is 0.562. The van der Waals surface area contributed by atoms with Crippen molar-refractivity contribution in [3.63, 3.8) is 0 Å². The highest BCUT2D eigenvalue weighted by atomic mass is 32.2. The molecule has 1 aliphatic rings. The molecule has 1 aromatic rings. The normalized spacial score (nSPS) is 16.5. The number of nitrogens with zero attached hydrogens (tertiary/aromatic N) is 2. The molecule has 24 heavy (non-hydrogen) atoms. The maximum atomic E-state index is 14.1. The summed E-state index contributed by atoms with van der Waals surface area (Å²) < 4.78 is 45.9. The molecule has 1 saturated heterocycles. The summed E-state index contributed by atoms with van der Waals surface area (Å²) in [6.45, 7) is 6.42. The molecule has 1 fully saturated rings. The van der Waals surface area contributed by atoms with Crippen LogP contribution in [0.2, 0.25) is 0 Å². The second kappa shape index (κ2) is 7.48. The first-order valence-corrected chi connectivity index (χ1v) is 9.43. The number of sulfonamides is 1. The summed E-state index contributed by atoms with van der Waals surface area (Å²) in [7, 11) is -3.79. The molecule has 0 bridgehead atoms. The fourth-order valence-corrected chi connectivity index (χ4v) is 3.98. The van der Waals surface area contributed by atoms with Crippen LogP contribution >= 0.6 is 0 Å². The van der Waals surface area contributed by atoms with Crippen LogP contribution in [0.3, 0.4) is 0 Å². The van der Waals surface area contributed by atoms with Crippen molar-refractivity contribution < 1.29 is 22.3 Å². The lowest BCUT2D eigenvalue weighted by atomic mass is 10.3. The first-order chi connectivity index (χ1) is 11.3. The van der Waals surface area contributed by atoms with E-state index in [1.54, 1.807) is 25.7 Å². The number of ether oxygens (including phenoxy) is 1. The van der Waals surface area contributed by atoms with Crippen molar-refractivity contribution in [2.45, 2.75) is 38.2 Å². The summed E-state index contributed by atoms with van der Waals surface area (Å²) in [5, 5.41) is 0. The van der Waals surface area contributed by atoms with Crippen LogP contribution in [0.25, 0.3) is 0 Å². The third-order valence-corrected chi connectivity index (χ3v) is 5.69. The quantitative estimate of drug-likeness (QED) is 0.806. The summed E-state index contributed by atoms with van der Waals surface area (Å²) in [5.74, 6) is -0.667. The van der Waals surface area contributed by atoms with E-state index in [2.05, 4.69) is 0 Å². The summed E-state index contributed by atoms with van der Waals surface area (Å²) in [4.78, 5) is 13.2. The summed E-state index contributed by atoms with van der Waals surface area (Å²) in [6.07, 6.45) is 0.195. The summed E-state index contributed by atoms with van der Waals surface area (Å²) in [6, 6.07) is 3.66. The Morgan fingerprint density at radius 3 is 2.38 bits per heavy atom. The molecule has 1 heterocycles. The number of carbonyl (C=O) groups excluding carboxylic acids is 1. The molecule has 0 N–H and O–H groups in total. The molecule has 0 radical (unpaired) electrons. The summed E-state index contributed by atoms with van der Waals surface area (Å²) >= 11 is 0. The molecule has 134 valence electrons. The molecule has 0 spiro atoms. The van der Waals surface area contributed by atoms with Crippen molar-refractivity contribution in [3.8, 4) is 5.75 Å². The Balaban J connectivity index is 2.14. The first kappa shape index (κ1) is 18.7. The van der Waals surface area contributed by atoms with Gasteiger partial charge in [-0.3, -0.25) is 4.79 Å². The van der Waals surface area contributed by atoms with E-state index in [1.165, 1.54) is 16.4 Å². The molecule has 1 aliphatic heterocycles. The monoisotopic (exact) mass is 358 g/mol. The Bertz CT molecular complexity index is 698. The number of piperazine rings is 1. The third kappa shape index (κ3) is 4.05. The minimum atomic E-state index is -3.79. The number of hydrogen-bond acceptors (Lipinski definition) is 4. The second-order valence-corrected chi connectivity index (χ2v) is 7.84. The Morgan fingerprint density at radius 2 is 1.88 bits per heavy atom. The van der Waals surface area contributed by atoms with Crippen molar-refractivity contribution in [1.29, 1.82) is 0 Å². The molecular formula is C16H23FN2O4S. The van der Waals surface area contributed by atoms with Gasteiger partial charge in [-0.1, -0.05) is 6.92 Å². The molecule has 1 aromatic carbocycles. The van der Waals surface area contributed by atoms with Gasteiger partial charge in [0.25, 0.3) is 0 Å². The van der Waals surface area contributed by atoms with Crippen LogP contribution in [0, 0.1) is 5.82 Å². The Hall–Kier alpha value is -1.67. The number of hydrogen-bond donors (Lipinski definition) is 0. The minimum absolute atomic E-state index is 0.00767. The highest BCUT2D eigenvalue weighted by Gasteiger charge is 2.30. The Morgan fingerprint density at radius 1 is 1.25 bits per heavy atom. The van der Waals surface area contributed by atoms with Crippen LogP contribution < -0.4 is 4.74 Å². The van der Waals surface area contributed by atoms with Gasteiger partial charge < -0.3 is 9.64 Å². The molecule has 8 heteroatoms. The van der Waals surface area contributed by atoms with E-state index in [0.29, 0.717) is 19.5 Å². The lowest BCUT2D eigenvalue weighted by Crippen LogP contribution is -2.50. The smallest absolute Gasteiger partial charge is 0.243 e. The highest BCUT2D eigenvalue weighted by molar-refractivity contribution is 7.89. The van der Waals surface area contributed by atoms with E-state index in [9.17, 15) is 17.6 Å². The molecule has 6 nitrogen and oxygen atoms in total. The van der Waals surface area contributed by atoms with Crippen LogP contribution in [0.4, 0.5) is 4.39 Å². The van der Waals surface area contributed by atoms with Crippen molar-refractivity contribution in [2.24, 2.45) is 0 Å². The van der Waals surface area contributed by atoms with Gasteiger partial charge in [0.15, 0.2) is 11.6 Å². The minimum Gasteiger partial charge on any atom is -0.488 e. The van der Waals surface area contributed by atoms with Crippen molar-refractivity contribution in [2.75, 3.05) is 26.2 Å². The maximum Gasteiger partial charge on any atom is 0.243 e. The van der Waals surface area contributed by atoms with Gasteiger partial charge >= 0.3 is 0 Å². The van der Waals surface area contributed by atoms with Gasteiger partial charge in [0.2, 0.25) is 15.9 Å². The highest BCUT2D eigenvalue weighted by Crippen LogP contribution is 2.25. The number of amides is 1. The van der Waals surface area contributed by atoms with Crippen LogP contribution in [-0.2, 0) is 14.8 Å². The van der Waals surface area contributed by atoms with Gasteiger partial charge in [-0.25, -0.2) is 12.8 Å². The average molecular weight is 358 g/mol. The standard InChI is InChI=1S/C16H23FN2O4S/c1-4-16(20)18-7-9-19(10-8-18)24(21,22)13-5-6-15(14(17)11-13)23-12(2)3/h5-6,11-12H,4,7-10H2,1-3H3. The Kier molecular flexibility index (Phi) is 5.82. The zero-order valence-electron chi connectivity index (χ0n) is 14.2. The van der Waals surface area contributed by atoms with Crippen molar-refractivity contribution in [1.82, 2.24) is 9.21 Å². The van der Waals surface area contributed by atoms with Crippen LogP contribution in [0.5, 0.6) is 5.75 Å². The van der Waals surface area contributed by atoms with Crippen LogP contribution in [0.1, 0.15) is 27.2 Å². The maximum absolute atomic E-state index is 14.1. The molecule has 0 aliphatic carbocycles. The van der Waals surface area contributed by atoms with Gasteiger partial charge in [-0.2, -0.15) is 4.31 Å². The van der Waals surface area contributed by atoms with Gasteiger partial charge in [0.05, 0.1) is 11.0 Å². The van der Waals surface area contributed by atoms with Gasteiger partial charge in [-0.05, 0) is 32.0 Å². The van der Waals surface area contributed by atoms with Crippen LogP contribution in [0.15, 0.2) is 23.1 Å². The van der Waals surface area contributed by atoms with Gasteiger partial charge in [0.1, 0.15) is 0 Å². The van der Waals surface area contributed by atoms with Crippen LogP contribution in [-0.4, -0.2) is 55.8 Å². The molecule has 0 aromatic heterocycles. The summed E-state index contributed by atoms with van der Waals surface area (Å²) in [5.41, 5.74) is 0. The molecule has 1 amide bonds. The predicted octanol–water partition coefficient (Wildman–Crippen LogP) is 1.86. The van der Waals surface area contributed by atoms with E-state index >= 15 is 0 Å². The molecule has 2 rings (SSSR count). The van der Waals surface area contributed by atoms with E-state index < -0.39 is 15.8 Å². The number of halogens is 1. The first-order valence-electron chi connectivity index (χ1n) is 7.99. The molecular weight excluding hydrogens is 335 g/mol. The second-order valence-electron chi connectivity index (χ2n) is 5.90.